The molecule has 0 saturated heterocycles. The lowest BCUT2D eigenvalue weighted by atomic mass is 9.75. The van der Waals surface area contributed by atoms with Crippen molar-refractivity contribution in [1.82, 2.24) is 4.90 Å². The van der Waals surface area contributed by atoms with Crippen LogP contribution in [0.3, 0.4) is 0 Å². The first-order chi connectivity index (χ1) is 26.0. The number of hydrogen-bond acceptors (Lipinski definition) is 6. The Morgan fingerprint density at radius 2 is 1.70 bits per heavy atom. The van der Waals surface area contributed by atoms with Gasteiger partial charge >= 0.3 is 5.97 Å². The van der Waals surface area contributed by atoms with Gasteiger partial charge in [-0.05, 0) is 102 Å². The molecule has 0 bridgehead atoms. The van der Waals surface area contributed by atoms with E-state index in [9.17, 15) is 9.59 Å². The van der Waals surface area contributed by atoms with Crippen LogP contribution in [0, 0.1) is 17.8 Å². The van der Waals surface area contributed by atoms with Crippen LogP contribution < -0.4 is 14.4 Å². The Labute approximate surface area is 329 Å². The largest absolute Gasteiger partial charge is 0.489 e. The van der Waals surface area contributed by atoms with Crippen molar-refractivity contribution in [3.8, 4) is 11.5 Å². The third-order valence-corrected chi connectivity index (χ3v) is 12.4. The van der Waals surface area contributed by atoms with Crippen LogP contribution in [0.2, 0.25) is 10.0 Å². The fourth-order valence-corrected chi connectivity index (χ4v) is 8.88. The molecule has 1 amide bonds. The quantitative estimate of drug-likeness (QED) is 0.150. The molecule has 7 nitrogen and oxygen atoms in total. The van der Waals surface area contributed by atoms with Crippen LogP contribution in [0.25, 0.3) is 0 Å². The molecule has 3 aliphatic rings. The highest BCUT2D eigenvalue weighted by Crippen LogP contribution is 2.44. The summed E-state index contributed by atoms with van der Waals surface area (Å²) in [5, 5.41) is 0.976. The van der Waals surface area contributed by atoms with E-state index < -0.39 is 12.1 Å². The molecule has 4 aromatic carbocycles. The molecule has 1 fully saturated rings. The van der Waals surface area contributed by atoms with E-state index in [1.807, 2.05) is 42.5 Å². The molecule has 7 rings (SSSR count). The molecule has 54 heavy (non-hydrogen) atoms. The first-order valence-corrected chi connectivity index (χ1v) is 20.0. The fraction of sp³-hybridized carbons (Fsp3) is 0.422. The van der Waals surface area contributed by atoms with Crippen LogP contribution in [0.1, 0.15) is 93.3 Å². The number of likely N-dealkylation sites (N-methyl/N-ethyl adjacent to an activating group) is 1. The van der Waals surface area contributed by atoms with E-state index in [1.165, 1.54) is 12.0 Å². The Bertz CT molecular complexity index is 1970. The molecule has 0 spiro atoms. The van der Waals surface area contributed by atoms with Gasteiger partial charge in [0.2, 0.25) is 6.10 Å². The number of ether oxygens (including phenoxy) is 3. The van der Waals surface area contributed by atoms with Crippen LogP contribution in [0.4, 0.5) is 5.69 Å². The molecule has 1 saturated carbocycles. The second kappa shape index (κ2) is 16.4. The van der Waals surface area contributed by atoms with Gasteiger partial charge in [-0.2, -0.15) is 0 Å². The lowest BCUT2D eigenvalue weighted by Crippen LogP contribution is -2.50. The molecule has 0 N–H and O–H groups in total. The monoisotopic (exact) mass is 768 g/mol. The normalized spacial score (nSPS) is 23.3. The number of hydrogen-bond donors (Lipinski definition) is 0. The number of benzene rings is 4. The van der Waals surface area contributed by atoms with Crippen LogP contribution in [0.15, 0.2) is 84.9 Å². The average molecular weight is 770 g/mol. The Hall–Kier alpha value is -4.04. The van der Waals surface area contributed by atoms with E-state index in [-0.39, 0.29) is 24.0 Å². The summed E-state index contributed by atoms with van der Waals surface area (Å²) in [5.74, 6) is 2.32. The smallest absolute Gasteiger partial charge is 0.324 e. The first-order valence-electron chi connectivity index (χ1n) is 19.3. The maximum absolute atomic E-state index is 14.4. The Morgan fingerprint density at radius 3 is 2.41 bits per heavy atom. The molecule has 0 aromatic heterocycles. The van der Waals surface area contributed by atoms with Gasteiger partial charge in [-0.15, -0.1) is 0 Å². The van der Waals surface area contributed by atoms with E-state index in [0.717, 1.165) is 41.5 Å². The van der Waals surface area contributed by atoms with Gasteiger partial charge in [-0.1, -0.05) is 106 Å². The SMILES string of the molecule is CC[C@@H](c1ccccc1)N1Cc2cc3c(cc2C[C@H]1C(=O)OC1C[C@H](C)CC[C@H]1C(C)C)N(C)C(=O)[C@@H](c1ccc(OCc2ccc(Cl)c(Cl)c2)cc1)O3. The van der Waals surface area contributed by atoms with E-state index in [4.69, 9.17) is 37.4 Å². The number of amides is 1. The topological polar surface area (TPSA) is 68.3 Å². The molecule has 1 unspecified atom stereocenters. The number of nitrogens with zero attached hydrogens (tertiary/aromatic N) is 2. The number of rotatable bonds is 10. The first kappa shape index (κ1) is 38.2. The van der Waals surface area contributed by atoms with E-state index >= 15 is 0 Å². The number of carbonyl (C=O) groups is 2. The van der Waals surface area contributed by atoms with E-state index in [2.05, 4.69) is 62.9 Å². The van der Waals surface area contributed by atoms with Crippen molar-refractivity contribution in [2.24, 2.45) is 17.8 Å². The lowest BCUT2D eigenvalue weighted by molar-refractivity contribution is -0.164. The average Bonchev–Trinajstić information content (AvgIpc) is 3.16. The zero-order valence-electron chi connectivity index (χ0n) is 31.8. The van der Waals surface area contributed by atoms with Crippen molar-refractivity contribution in [3.63, 3.8) is 0 Å². The van der Waals surface area contributed by atoms with Crippen LogP contribution in [-0.4, -0.2) is 36.0 Å². The van der Waals surface area contributed by atoms with Gasteiger partial charge in [0, 0.05) is 25.2 Å². The number of halogens is 2. The summed E-state index contributed by atoms with van der Waals surface area (Å²) in [5.41, 5.74) is 5.64. The number of esters is 1. The summed E-state index contributed by atoms with van der Waals surface area (Å²) >= 11 is 12.2. The number of anilines is 1. The standard InChI is InChI=1S/C45H50Cl2N2O5/c1-6-38(30-10-8-7-9-11-30)49-25-33-24-42-39(22-32(33)23-40(49)45(51)54-41-20-28(4)12-18-35(41)27(2)3)48(5)44(50)43(53-42)31-14-16-34(17-15-31)52-26-29-13-19-36(46)37(47)21-29/h7-11,13-17,19,21-22,24,27-28,35,38,40-41,43H,6,12,18,20,23,25-26H2,1-5H3/t28-,35+,38+,40+,41?,43-/m1/s1. The predicted octanol–water partition coefficient (Wildman–Crippen LogP) is 10.6. The van der Waals surface area contributed by atoms with Gasteiger partial charge in [-0.25, -0.2) is 0 Å². The third-order valence-electron chi connectivity index (χ3n) is 11.7. The Morgan fingerprint density at radius 1 is 0.944 bits per heavy atom. The van der Waals surface area contributed by atoms with Crippen molar-refractivity contribution in [2.75, 3.05) is 11.9 Å². The molecule has 9 heteroatoms. The van der Waals surface area contributed by atoms with Gasteiger partial charge in [-0.3, -0.25) is 14.5 Å². The van der Waals surface area contributed by atoms with E-state index in [0.29, 0.717) is 64.6 Å². The minimum atomic E-state index is -0.813. The fourth-order valence-electron chi connectivity index (χ4n) is 8.56. The van der Waals surface area contributed by atoms with Crippen LogP contribution >= 0.6 is 23.2 Å². The van der Waals surface area contributed by atoms with Crippen molar-refractivity contribution in [3.05, 3.63) is 123 Å². The zero-order valence-corrected chi connectivity index (χ0v) is 33.3. The van der Waals surface area contributed by atoms with Crippen molar-refractivity contribution >= 4 is 40.8 Å². The van der Waals surface area contributed by atoms with Crippen LogP contribution in [-0.2, 0) is 33.9 Å². The summed E-state index contributed by atoms with van der Waals surface area (Å²) in [4.78, 5) is 32.2. The lowest BCUT2D eigenvalue weighted by Gasteiger charge is -2.43. The highest BCUT2D eigenvalue weighted by Gasteiger charge is 2.42. The highest BCUT2D eigenvalue weighted by molar-refractivity contribution is 6.42. The zero-order chi connectivity index (χ0) is 38.1. The molecule has 6 atom stereocenters. The summed E-state index contributed by atoms with van der Waals surface area (Å²) in [6.07, 6.45) is 3.60. The number of carbonyl (C=O) groups excluding carboxylic acids is 2. The molecule has 0 radical (unpaired) electrons. The van der Waals surface area contributed by atoms with Crippen LogP contribution in [0.5, 0.6) is 11.5 Å². The van der Waals surface area contributed by atoms with Gasteiger partial charge in [0.25, 0.3) is 5.91 Å². The minimum absolute atomic E-state index is 0.0226. The molecule has 2 heterocycles. The van der Waals surface area contributed by atoms with Crippen molar-refractivity contribution < 1.29 is 23.8 Å². The second-order valence-corrected chi connectivity index (χ2v) is 16.4. The molecular weight excluding hydrogens is 719 g/mol. The van der Waals surface area contributed by atoms with Gasteiger partial charge in [0.1, 0.15) is 30.3 Å². The summed E-state index contributed by atoms with van der Waals surface area (Å²) in [6.45, 7) is 9.81. The highest BCUT2D eigenvalue weighted by atomic mass is 35.5. The van der Waals surface area contributed by atoms with E-state index in [1.54, 1.807) is 24.1 Å². The molecular formula is C45H50Cl2N2O5. The third kappa shape index (κ3) is 8.00. The van der Waals surface area contributed by atoms with Gasteiger partial charge in [0.05, 0.1) is 15.7 Å². The van der Waals surface area contributed by atoms with Gasteiger partial charge < -0.3 is 19.1 Å². The molecule has 1 aliphatic carbocycles. The maximum atomic E-state index is 14.4. The van der Waals surface area contributed by atoms with Crippen molar-refractivity contribution in [1.29, 1.82) is 0 Å². The number of fused-ring (bicyclic) bond motifs is 2. The molecule has 284 valence electrons. The Balaban J connectivity index is 1.14. The maximum Gasteiger partial charge on any atom is 0.324 e. The second-order valence-electron chi connectivity index (χ2n) is 15.6. The summed E-state index contributed by atoms with van der Waals surface area (Å²) in [6, 6.07) is 26.9. The minimum Gasteiger partial charge on any atom is -0.489 e. The summed E-state index contributed by atoms with van der Waals surface area (Å²) < 4.78 is 19.0. The Kier molecular flexibility index (Phi) is 11.6. The van der Waals surface area contributed by atoms with Crippen molar-refractivity contribution in [2.45, 2.75) is 97.2 Å². The predicted molar refractivity (Wildman–Crippen MR) is 214 cm³/mol. The molecule has 4 aromatic rings. The molecule has 2 aliphatic heterocycles. The summed E-state index contributed by atoms with van der Waals surface area (Å²) in [7, 11) is 1.79. The van der Waals surface area contributed by atoms with Gasteiger partial charge in [0.15, 0.2) is 0 Å².